The first-order valence-electron chi connectivity index (χ1n) is 6.28. The Morgan fingerprint density at radius 1 is 1.50 bits per heavy atom. The van der Waals surface area contributed by atoms with Crippen LogP contribution in [0.15, 0.2) is 18.2 Å². The van der Waals surface area contributed by atoms with Crippen LogP contribution in [0.25, 0.3) is 0 Å². The van der Waals surface area contributed by atoms with Crippen molar-refractivity contribution < 1.29 is 14.1 Å². The molecule has 1 saturated heterocycles. The van der Waals surface area contributed by atoms with E-state index in [2.05, 4.69) is 5.32 Å². The number of rotatable bonds is 3. The minimum absolute atomic E-state index is 0.0777. The number of hydrogen-bond donors (Lipinski definition) is 1. The average Bonchev–Trinajstić information content (AvgIpc) is 2.35. The quantitative estimate of drug-likeness (QED) is 0.672. The summed E-state index contributed by atoms with van der Waals surface area (Å²) in [6, 6.07) is 3.83. The third kappa shape index (κ3) is 2.62. The van der Waals surface area contributed by atoms with Gasteiger partial charge in [0.05, 0.1) is 10.5 Å². The molecule has 0 saturated carbocycles. The second kappa shape index (κ2) is 5.16. The number of benzene rings is 1. The van der Waals surface area contributed by atoms with Crippen LogP contribution in [-0.4, -0.2) is 34.4 Å². The second-order valence-corrected chi connectivity index (χ2v) is 5.28. The third-order valence-electron chi connectivity index (χ3n) is 3.60. The number of nitro benzene ring substituents is 1. The fraction of sp³-hybridized carbons (Fsp3) is 0.462. The molecule has 6 nitrogen and oxygen atoms in total. The van der Waals surface area contributed by atoms with E-state index in [0.29, 0.717) is 25.2 Å². The summed E-state index contributed by atoms with van der Waals surface area (Å²) in [6.45, 7) is 5.15. The maximum absolute atomic E-state index is 13.6. The first-order chi connectivity index (χ1) is 9.32. The normalized spacial score (nSPS) is 18.6. The molecule has 1 amide bonds. The van der Waals surface area contributed by atoms with Crippen molar-refractivity contribution in [3.8, 4) is 0 Å². The highest BCUT2D eigenvalue weighted by Gasteiger charge is 2.37. The van der Waals surface area contributed by atoms with Crippen molar-refractivity contribution in [2.45, 2.75) is 25.9 Å². The van der Waals surface area contributed by atoms with Gasteiger partial charge in [-0.25, -0.2) is 0 Å². The molecule has 108 valence electrons. The fourth-order valence-electron chi connectivity index (χ4n) is 2.24. The highest BCUT2D eigenvalue weighted by Crippen LogP contribution is 2.23. The van der Waals surface area contributed by atoms with Crippen LogP contribution in [0, 0.1) is 15.9 Å². The number of nitrogens with zero attached hydrogens (tertiary/aromatic N) is 2. The lowest BCUT2D eigenvalue weighted by Crippen LogP contribution is -2.61. The predicted molar refractivity (Wildman–Crippen MR) is 70.6 cm³/mol. The number of nitrogens with one attached hydrogen (secondary N) is 1. The Bertz CT molecular complexity index is 560. The Labute approximate surface area is 115 Å². The van der Waals surface area contributed by atoms with E-state index < -0.39 is 22.0 Å². The molecule has 0 radical (unpaired) electrons. The SMILES string of the molecule is CC1(C)C(=O)NCCN1Cc1ccc([N+](=O)[O-])c(F)c1. The topological polar surface area (TPSA) is 75.5 Å². The number of halogens is 1. The maximum atomic E-state index is 13.6. The number of hydrogen-bond acceptors (Lipinski definition) is 4. The van der Waals surface area contributed by atoms with Gasteiger partial charge in [-0.2, -0.15) is 4.39 Å². The van der Waals surface area contributed by atoms with Crippen LogP contribution >= 0.6 is 0 Å². The number of carbonyl (C=O) groups excluding carboxylic acids is 1. The predicted octanol–water partition coefficient (Wildman–Crippen LogP) is 1.44. The van der Waals surface area contributed by atoms with Crippen molar-refractivity contribution in [1.82, 2.24) is 10.2 Å². The largest absolute Gasteiger partial charge is 0.353 e. The summed E-state index contributed by atoms with van der Waals surface area (Å²) in [5.74, 6) is -0.932. The molecule has 1 heterocycles. The fourth-order valence-corrected chi connectivity index (χ4v) is 2.24. The molecule has 0 aromatic heterocycles. The Balaban J connectivity index is 2.20. The summed E-state index contributed by atoms with van der Waals surface area (Å²) in [5.41, 5.74) is -0.614. The lowest BCUT2D eigenvalue weighted by atomic mass is 9.98. The summed E-state index contributed by atoms with van der Waals surface area (Å²) in [7, 11) is 0. The van der Waals surface area contributed by atoms with Gasteiger partial charge in [-0.1, -0.05) is 6.07 Å². The van der Waals surface area contributed by atoms with Gasteiger partial charge in [0, 0.05) is 25.7 Å². The molecule has 1 aromatic carbocycles. The summed E-state index contributed by atoms with van der Waals surface area (Å²) in [6.07, 6.45) is 0. The zero-order valence-electron chi connectivity index (χ0n) is 11.4. The van der Waals surface area contributed by atoms with Crippen LogP contribution in [0.3, 0.4) is 0 Å². The van der Waals surface area contributed by atoms with Gasteiger partial charge >= 0.3 is 5.69 Å². The molecule has 1 aliphatic rings. The highest BCUT2D eigenvalue weighted by molar-refractivity contribution is 5.86. The molecule has 0 bridgehead atoms. The molecule has 1 fully saturated rings. The Morgan fingerprint density at radius 3 is 2.80 bits per heavy atom. The smallest absolute Gasteiger partial charge is 0.304 e. The molecule has 0 aliphatic carbocycles. The number of amides is 1. The van der Waals surface area contributed by atoms with Gasteiger partial charge in [-0.05, 0) is 25.5 Å². The number of piperazine rings is 1. The average molecular weight is 281 g/mol. The zero-order chi connectivity index (χ0) is 14.9. The van der Waals surface area contributed by atoms with Crippen molar-refractivity contribution in [2.75, 3.05) is 13.1 Å². The van der Waals surface area contributed by atoms with E-state index in [-0.39, 0.29) is 5.91 Å². The molecular formula is C13H16FN3O3. The number of carbonyl (C=O) groups is 1. The van der Waals surface area contributed by atoms with E-state index in [9.17, 15) is 19.3 Å². The van der Waals surface area contributed by atoms with Gasteiger partial charge in [-0.15, -0.1) is 0 Å². The summed E-state index contributed by atoms with van der Waals surface area (Å²) < 4.78 is 13.6. The molecule has 1 aromatic rings. The van der Waals surface area contributed by atoms with Gasteiger partial charge < -0.3 is 5.32 Å². The lowest BCUT2D eigenvalue weighted by molar-refractivity contribution is -0.387. The van der Waals surface area contributed by atoms with Crippen molar-refractivity contribution in [2.24, 2.45) is 0 Å². The molecule has 1 aliphatic heterocycles. The van der Waals surface area contributed by atoms with E-state index >= 15 is 0 Å². The summed E-state index contributed by atoms with van der Waals surface area (Å²) in [5, 5.41) is 13.4. The van der Waals surface area contributed by atoms with Gasteiger partial charge in [0.25, 0.3) is 0 Å². The van der Waals surface area contributed by atoms with Gasteiger partial charge in [-0.3, -0.25) is 19.8 Å². The first-order valence-corrected chi connectivity index (χ1v) is 6.28. The van der Waals surface area contributed by atoms with Gasteiger partial charge in [0.1, 0.15) is 0 Å². The van der Waals surface area contributed by atoms with Crippen LogP contribution < -0.4 is 5.32 Å². The van der Waals surface area contributed by atoms with Crippen molar-refractivity contribution in [3.63, 3.8) is 0 Å². The summed E-state index contributed by atoms with van der Waals surface area (Å²) in [4.78, 5) is 23.6. The van der Waals surface area contributed by atoms with Crippen LogP contribution in [0.2, 0.25) is 0 Å². The second-order valence-electron chi connectivity index (χ2n) is 5.28. The Kier molecular flexibility index (Phi) is 3.71. The molecule has 20 heavy (non-hydrogen) atoms. The molecule has 0 atom stereocenters. The molecule has 1 N–H and O–H groups in total. The standard InChI is InChI=1S/C13H16FN3O3/c1-13(2)12(18)15-5-6-16(13)8-9-3-4-11(17(19)20)10(14)7-9/h3-4,7H,5-6,8H2,1-2H3,(H,15,18). The number of nitro groups is 1. The summed E-state index contributed by atoms with van der Waals surface area (Å²) >= 11 is 0. The van der Waals surface area contributed by atoms with Crippen molar-refractivity contribution >= 4 is 11.6 Å². The molecule has 2 rings (SSSR count). The van der Waals surface area contributed by atoms with Crippen LogP contribution in [0.4, 0.5) is 10.1 Å². The zero-order valence-corrected chi connectivity index (χ0v) is 11.4. The molecule has 7 heteroatoms. The monoisotopic (exact) mass is 281 g/mol. The maximum Gasteiger partial charge on any atom is 0.304 e. The van der Waals surface area contributed by atoms with Gasteiger partial charge in [0.2, 0.25) is 11.7 Å². The molecule has 0 unspecified atom stereocenters. The third-order valence-corrected chi connectivity index (χ3v) is 3.60. The highest BCUT2D eigenvalue weighted by atomic mass is 19.1. The van der Waals surface area contributed by atoms with E-state index in [1.807, 2.05) is 4.90 Å². The van der Waals surface area contributed by atoms with Crippen LogP contribution in [0.1, 0.15) is 19.4 Å². The Hall–Kier alpha value is -2.02. The van der Waals surface area contributed by atoms with E-state index in [1.54, 1.807) is 13.8 Å². The van der Waals surface area contributed by atoms with Gasteiger partial charge in [0.15, 0.2) is 0 Å². The van der Waals surface area contributed by atoms with Crippen molar-refractivity contribution in [3.05, 3.63) is 39.7 Å². The van der Waals surface area contributed by atoms with Crippen molar-refractivity contribution in [1.29, 1.82) is 0 Å². The first kappa shape index (κ1) is 14.4. The molecule has 0 spiro atoms. The minimum Gasteiger partial charge on any atom is -0.353 e. The van der Waals surface area contributed by atoms with E-state index in [1.165, 1.54) is 6.07 Å². The lowest BCUT2D eigenvalue weighted by Gasteiger charge is -2.41. The van der Waals surface area contributed by atoms with Crippen LogP contribution in [0.5, 0.6) is 0 Å². The minimum atomic E-state index is -0.855. The van der Waals surface area contributed by atoms with E-state index in [4.69, 9.17) is 0 Å². The molecular weight excluding hydrogens is 265 g/mol. The Morgan fingerprint density at radius 2 is 2.20 bits per heavy atom. The van der Waals surface area contributed by atoms with Crippen LogP contribution in [-0.2, 0) is 11.3 Å². The van der Waals surface area contributed by atoms with E-state index in [0.717, 1.165) is 12.1 Å².